The van der Waals surface area contributed by atoms with Crippen LogP contribution in [0.4, 0.5) is 0 Å². The van der Waals surface area contributed by atoms with E-state index in [0.717, 1.165) is 21.7 Å². The predicted octanol–water partition coefficient (Wildman–Crippen LogP) is 5.81. The molecule has 6 rings (SSSR count). The fourth-order valence-electron chi connectivity index (χ4n) is 5.45. The molecule has 1 aliphatic rings. The number of carbonyl (C=O) groups is 2. The Kier molecular flexibility index (Phi) is 10.4. The number of hydrazone groups is 1. The van der Waals surface area contributed by atoms with E-state index in [9.17, 15) is 9.59 Å². The highest BCUT2D eigenvalue weighted by Crippen LogP contribution is 2.42. The molecule has 1 aliphatic heterocycles. The Morgan fingerprint density at radius 1 is 0.938 bits per heavy atom. The van der Waals surface area contributed by atoms with Gasteiger partial charge in [-0.05, 0) is 41.3 Å². The van der Waals surface area contributed by atoms with Crippen molar-refractivity contribution in [1.82, 2.24) is 25.1 Å². The van der Waals surface area contributed by atoms with Gasteiger partial charge in [0.2, 0.25) is 0 Å². The molecule has 2 amide bonds. The lowest BCUT2D eigenvalue weighted by molar-refractivity contribution is -0.130. The maximum atomic E-state index is 14.0. The summed E-state index contributed by atoms with van der Waals surface area (Å²) in [6.45, 7) is 0.603. The van der Waals surface area contributed by atoms with E-state index in [2.05, 4.69) is 15.5 Å². The van der Waals surface area contributed by atoms with E-state index >= 15 is 0 Å². The molecule has 0 bridgehead atoms. The number of carbonyl (C=O) groups excluding carboxylic acids is 2. The lowest BCUT2D eigenvalue weighted by atomic mass is 9.99. The number of nitrogens with zero attached hydrogens (tertiary/aromatic N) is 5. The summed E-state index contributed by atoms with van der Waals surface area (Å²) in [4.78, 5) is 27.9. The van der Waals surface area contributed by atoms with E-state index in [0.29, 0.717) is 46.8 Å². The van der Waals surface area contributed by atoms with Crippen molar-refractivity contribution in [2.24, 2.45) is 5.10 Å². The molecule has 3 heterocycles. The first-order chi connectivity index (χ1) is 23.5. The third-order valence-electron chi connectivity index (χ3n) is 7.80. The Labute approximate surface area is 286 Å². The lowest BCUT2D eigenvalue weighted by Gasteiger charge is -2.24. The van der Waals surface area contributed by atoms with Crippen LogP contribution in [0.2, 0.25) is 0 Å². The van der Waals surface area contributed by atoms with E-state index in [1.54, 1.807) is 61.9 Å². The Hall–Kier alpha value is -5.14. The fourth-order valence-corrected chi connectivity index (χ4v) is 6.98. The normalized spacial score (nSPS) is 14.0. The number of methoxy groups -OCH3 is 3. The summed E-state index contributed by atoms with van der Waals surface area (Å²) in [5, 5.41) is 20.7. The molecule has 13 heteroatoms. The van der Waals surface area contributed by atoms with Crippen LogP contribution in [0.15, 0.2) is 101 Å². The molecule has 0 unspecified atom stereocenters. The molecule has 0 aliphatic carbocycles. The van der Waals surface area contributed by atoms with Gasteiger partial charge in [-0.3, -0.25) is 9.59 Å². The molecule has 5 aromatic rings. The highest BCUT2D eigenvalue weighted by molar-refractivity contribution is 7.99. The number of nitrogens with one attached hydrogen (secondary N) is 1. The van der Waals surface area contributed by atoms with Crippen molar-refractivity contribution in [3.63, 3.8) is 0 Å². The molecule has 0 radical (unpaired) electrons. The molecule has 0 saturated heterocycles. The summed E-state index contributed by atoms with van der Waals surface area (Å²) in [6.07, 6.45) is 0.530. The zero-order chi connectivity index (χ0) is 33.5. The van der Waals surface area contributed by atoms with Crippen LogP contribution in [0.25, 0.3) is 0 Å². The number of para-hydroxylation sites is 1. The maximum Gasteiger partial charge on any atom is 0.253 e. The first kappa shape index (κ1) is 32.8. The molecule has 1 atom stereocenters. The molecular weight excluding hydrogens is 649 g/mol. The average molecular weight is 683 g/mol. The fraction of sp³-hybridized carbons (Fsp3) is 0.229. The van der Waals surface area contributed by atoms with Crippen LogP contribution < -0.4 is 19.5 Å². The number of hydrogen-bond donors (Lipinski definition) is 1. The van der Waals surface area contributed by atoms with Gasteiger partial charge in [0.05, 0.1) is 56.8 Å². The number of hydrogen-bond acceptors (Lipinski definition) is 10. The first-order valence-corrected chi connectivity index (χ1v) is 17.0. The molecule has 2 aromatic heterocycles. The molecule has 0 saturated carbocycles. The second-order valence-corrected chi connectivity index (χ2v) is 12.6. The molecule has 0 fully saturated rings. The number of rotatable bonds is 13. The summed E-state index contributed by atoms with van der Waals surface area (Å²) in [5.74, 6) is 1.91. The van der Waals surface area contributed by atoms with E-state index in [-0.39, 0.29) is 30.2 Å². The molecule has 48 heavy (non-hydrogen) atoms. The van der Waals surface area contributed by atoms with Crippen molar-refractivity contribution >= 4 is 40.6 Å². The van der Waals surface area contributed by atoms with Crippen LogP contribution in [0.5, 0.6) is 17.2 Å². The lowest BCUT2D eigenvalue weighted by Crippen LogP contribution is -2.29. The number of thiophene rings is 1. The zero-order valence-corrected chi connectivity index (χ0v) is 28.3. The molecule has 1 N–H and O–H groups in total. The molecule has 0 spiro atoms. The second kappa shape index (κ2) is 15.2. The van der Waals surface area contributed by atoms with Crippen molar-refractivity contribution in [2.45, 2.75) is 30.7 Å². The molecule has 11 nitrogen and oxygen atoms in total. The minimum absolute atomic E-state index is 0.0626. The summed E-state index contributed by atoms with van der Waals surface area (Å²) in [5.41, 5.74) is 3.14. The standard InChI is InChI=1S/C35H34N6O5S2/c1-44-25-13-7-12-24(18-25)34(43)36-20-31-37-38-35(40(31)21-23-10-5-4-6-11-23)48-22-32(42)41-28(19-27(39-41)30-16-9-17-47-30)26-14-8-15-29(45-2)33(26)46-3/h4-18,28H,19-22H2,1-3H3,(H,36,43)/t28-/m1/s1. The van der Waals surface area contributed by atoms with E-state index in [4.69, 9.17) is 19.3 Å². The minimum atomic E-state index is -0.384. The summed E-state index contributed by atoms with van der Waals surface area (Å²) < 4.78 is 18.5. The van der Waals surface area contributed by atoms with E-state index < -0.39 is 0 Å². The predicted molar refractivity (Wildman–Crippen MR) is 185 cm³/mol. The second-order valence-electron chi connectivity index (χ2n) is 10.7. The van der Waals surface area contributed by atoms with Gasteiger partial charge in [-0.15, -0.1) is 21.5 Å². The number of aromatic nitrogens is 3. The third-order valence-corrected chi connectivity index (χ3v) is 9.67. The van der Waals surface area contributed by atoms with E-state index in [1.165, 1.54) is 11.8 Å². The van der Waals surface area contributed by atoms with Crippen LogP contribution in [0.3, 0.4) is 0 Å². The van der Waals surface area contributed by atoms with E-state index in [1.807, 2.05) is 70.6 Å². The van der Waals surface area contributed by atoms with Crippen molar-refractivity contribution in [3.05, 3.63) is 118 Å². The molecular formula is C35H34N6O5S2. The molecule has 246 valence electrons. The number of thioether (sulfide) groups is 1. The van der Waals surface area contributed by atoms with Gasteiger partial charge < -0.3 is 24.1 Å². The maximum absolute atomic E-state index is 14.0. The van der Waals surface area contributed by atoms with Crippen LogP contribution in [0.1, 0.15) is 44.6 Å². The van der Waals surface area contributed by atoms with Gasteiger partial charge in [0, 0.05) is 17.5 Å². The number of amides is 2. The monoisotopic (exact) mass is 682 g/mol. The zero-order valence-electron chi connectivity index (χ0n) is 26.7. The van der Waals surface area contributed by atoms with Gasteiger partial charge in [0.15, 0.2) is 22.5 Å². The summed E-state index contributed by atoms with van der Waals surface area (Å²) >= 11 is 2.86. The average Bonchev–Trinajstić information content (AvgIpc) is 3.90. The number of benzene rings is 3. The van der Waals surface area contributed by atoms with Crippen molar-refractivity contribution in [2.75, 3.05) is 27.1 Å². The highest BCUT2D eigenvalue weighted by atomic mass is 32.2. The van der Waals surface area contributed by atoms with Crippen LogP contribution in [-0.4, -0.2) is 64.4 Å². The van der Waals surface area contributed by atoms with Gasteiger partial charge >= 0.3 is 0 Å². The largest absolute Gasteiger partial charge is 0.497 e. The SMILES string of the molecule is COc1cccc(C(=O)NCc2nnc(SCC(=O)N3N=C(c4cccs4)C[C@@H]3c3cccc(OC)c3OC)n2Cc2ccccc2)c1. The van der Waals surface area contributed by atoms with Crippen LogP contribution in [-0.2, 0) is 17.9 Å². The Morgan fingerprint density at radius 3 is 2.52 bits per heavy atom. The number of ether oxygens (including phenoxy) is 3. The van der Waals surface area contributed by atoms with Crippen LogP contribution in [0, 0.1) is 0 Å². The van der Waals surface area contributed by atoms with Gasteiger partial charge in [0.25, 0.3) is 11.8 Å². The topological polar surface area (TPSA) is 120 Å². The first-order valence-electron chi connectivity index (χ1n) is 15.1. The smallest absolute Gasteiger partial charge is 0.253 e. The van der Waals surface area contributed by atoms with Crippen molar-refractivity contribution in [3.8, 4) is 17.2 Å². The summed E-state index contributed by atoms with van der Waals surface area (Å²) in [6, 6.07) is 26.1. The quantitative estimate of drug-likeness (QED) is 0.155. The highest BCUT2D eigenvalue weighted by Gasteiger charge is 2.36. The summed E-state index contributed by atoms with van der Waals surface area (Å²) in [7, 11) is 4.74. The van der Waals surface area contributed by atoms with Crippen molar-refractivity contribution < 1.29 is 23.8 Å². The van der Waals surface area contributed by atoms with Crippen molar-refractivity contribution in [1.29, 1.82) is 0 Å². The van der Waals surface area contributed by atoms with Gasteiger partial charge in [-0.1, -0.05) is 66.4 Å². The Balaban J connectivity index is 1.24. The minimum Gasteiger partial charge on any atom is -0.497 e. The van der Waals surface area contributed by atoms with Gasteiger partial charge in [-0.2, -0.15) is 5.10 Å². The van der Waals surface area contributed by atoms with Gasteiger partial charge in [0.1, 0.15) is 5.75 Å². The van der Waals surface area contributed by atoms with Crippen LogP contribution >= 0.6 is 23.1 Å². The Morgan fingerprint density at radius 2 is 1.77 bits per heavy atom. The Bertz CT molecular complexity index is 1910. The molecule has 3 aromatic carbocycles. The third kappa shape index (κ3) is 7.21. The van der Waals surface area contributed by atoms with Gasteiger partial charge in [-0.25, -0.2) is 5.01 Å².